The van der Waals surface area contributed by atoms with Gasteiger partial charge in [-0.1, -0.05) is 18.9 Å². The van der Waals surface area contributed by atoms with Crippen LogP contribution in [-0.2, 0) is 13.1 Å². The van der Waals surface area contributed by atoms with Gasteiger partial charge in [0.05, 0.1) is 5.69 Å². The first-order chi connectivity index (χ1) is 15.1. The minimum absolute atomic E-state index is 0.253. The Labute approximate surface area is 184 Å². The molecule has 1 saturated carbocycles. The summed E-state index contributed by atoms with van der Waals surface area (Å²) in [6.45, 7) is 7.90. The quantitative estimate of drug-likeness (QED) is 0.764. The summed E-state index contributed by atoms with van der Waals surface area (Å²) < 4.78 is 2.11. The highest BCUT2D eigenvalue weighted by Crippen LogP contribution is 2.45. The lowest BCUT2D eigenvalue weighted by molar-refractivity contribution is 0.252. The van der Waals surface area contributed by atoms with Crippen molar-refractivity contribution in [1.29, 1.82) is 0 Å². The van der Waals surface area contributed by atoms with Crippen molar-refractivity contribution < 1.29 is 0 Å². The third-order valence-corrected chi connectivity index (χ3v) is 8.41. The lowest BCUT2D eigenvalue weighted by Gasteiger charge is -2.43. The van der Waals surface area contributed by atoms with Crippen molar-refractivity contribution in [2.45, 2.75) is 64.5 Å². The summed E-state index contributed by atoms with van der Waals surface area (Å²) in [4.78, 5) is 27.4. The minimum Gasteiger partial charge on any atom is -0.354 e. The molecule has 4 aliphatic rings. The largest absolute Gasteiger partial charge is 0.354 e. The van der Waals surface area contributed by atoms with Gasteiger partial charge in [-0.3, -0.25) is 14.7 Å². The van der Waals surface area contributed by atoms with Crippen molar-refractivity contribution in [2.24, 2.45) is 11.3 Å². The van der Waals surface area contributed by atoms with Crippen LogP contribution in [0.5, 0.6) is 0 Å². The van der Waals surface area contributed by atoms with E-state index in [0.29, 0.717) is 17.3 Å². The topological polar surface area (TPSA) is 54.3 Å². The fourth-order valence-corrected chi connectivity index (χ4v) is 6.93. The number of pyridine rings is 1. The lowest BCUT2D eigenvalue weighted by atomic mass is 9.83. The second-order valence-corrected chi connectivity index (χ2v) is 10.5. The second kappa shape index (κ2) is 7.44. The van der Waals surface area contributed by atoms with Gasteiger partial charge in [0, 0.05) is 62.3 Å². The Bertz CT molecular complexity index is 1040. The molecule has 1 aliphatic carbocycles. The molecule has 2 atom stereocenters. The van der Waals surface area contributed by atoms with E-state index in [9.17, 15) is 4.79 Å². The molecular weight excluding hydrogens is 386 g/mol. The van der Waals surface area contributed by atoms with Crippen LogP contribution in [0.1, 0.15) is 61.4 Å². The third-order valence-electron chi connectivity index (χ3n) is 8.41. The first-order valence-corrected chi connectivity index (χ1v) is 12.1. The number of rotatable bonds is 3. The molecule has 2 saturated heterocycles. The van der Waals surface area contributed by atoms with Gasteiger partial charge in [0.1, 0.15) is 5.82 Å². The summed E-state index contributed by atoms with van der Waals surface area (Å²) in [7, 11) is 0. The highest BCUT2D eigenvalue weighted by atomic mass is 16.1. The summed E-state index contributed by atoms with van der Waals surface area (Å²) >= 11 is 0. The Morgan fingerprint density at radius 3 is 2.74 bits per heavy atom. The summed E-state index contributed by atoms with van der Waals surface area (Å²) in [5.41, 5.74) is 4.00. The molecule has 2 aromatic heterocycles. The standard InChI is InChI=1S/C25H33N5O/c1-18-23(27-10-9-26-18)29-13-19-12-21(16-29)22-5-4-20(24(31)30(22)14-19)15-28-11-8-25(17-28)6-2-3-7-25/h4-5,9-10,19,21H,2-3,6-8,11-17H2,1H3/t19-,21+/m0/s1. The zero-order valence-corrected chi connectivity index (χ0v) is 18.6. The molecule has 6 heteroatoms. The van der Waals surface area contributed by atoms with E-state index in [0.717, 1.165) is 49.8 Å². The predicted octanol–water partition coefficient (Wildman–Crippen LogP) is 3.34. The van der Waals surface area contributed by atoms with Crippen molar-refractivity contribution in [1.82, 2.24) is 19.4 Å². The van der Waals surface area contributed by atoms with Gasteiger partial charge in [0.25, 0.3) is 5.56 Å². The molecule has 3 fully saturated rings. The molecule has 5 heterocycles. The fraction of sp³-hybridized carbons (Fsp3) is 0.640. The molecule has 0 amide bonds. The van der Waals surface area contributed by atoms with Gasteiger partial charge in [-0.2, -0.15) is 0 Å². The van der Waals surface area contributed by atoms with Crippen LogP contribution >= 0.6 is 0 Å². The Morgan fingerprint density at radius 1 is 1.06 bits per heavy atom. The van der Waals surface area contributed by atoms with Crippen molar-refractivity contribution in [3.05, 3.63) is 51.8 Å². The number of aryl methyl sites for hydroxylation is 1. The van der Waals surface area contributed by atoms with E-state index in [2.05, 4.69) is 36.5 Å². The molecule has 0 radical (unpaired) electrons. The predicted molar refractivity (Wildman–Crippen MR) is 121 cm³/mol. The van der Waals surface area contributed by atoms with E-state index in [1.54, 1.807) is 12.4 Å². The summed E-state index contributed by atoms with van der Waals surface area (Å²) in [5.74, 6) is 1.89. The molecule has 1 spiro atoms. The number of aromatic nitrogens is 3. The number of hydrogen-bond donors (Lipinski definition) is 0. The van der Waals surface area contributed by atoms with Crippen LogP contribution < -0.4 is 10.5 Å². The van der Waals surface area contributed by atoms with Crippen LogP contribution in [0.15, 0.2) is 29.3 Å². The summed E-state index contributed by atoms with van der Waals surface area (Å²) in [6.07, 6.45) is 11.6. The van der Waals surface area contributed by atoms with Crippen LogP contribution in [-0.4, -0.2) is 45.6 Å². The maximum atomic E-state index is 13.5. The average molecular weight is 420 g/mol. The average Bonchev–Trinajstić information content (AvgIpc) is 3.40. The van der Waals surface area contributed by atoms with Crippen molar-refractivity contribution in [3.63, 3.8) is 0 Å². The molecule has 0 N–H and O–H groups in total. The monoisotopic (exact) mass is 419 g/mol. The molecular formula is C25H33N5O. The lowest BCUT2D eigenvalue weighted by Crippen LogP contribution is -2.48. The molecule has 0 unspecified atom stereocenters. The Hall–Kier alpha value is -2.21. The van der Waals surface area contributed by atoms with E-state index in [1.807, 2.05) is 6.92 Å². The van der Waals surface area contributed by atoms with Crippen molar-refractivity contribution >= 4 is 5.82 Å². The maximum Gasteiger partial charge on any atom is 0.255 e. The molecule has 31 heavy (non-hydrogen) atoms. The van der Waals surface area contributed by atoms with Crippen LogP contribution in [0.4, 0.5) is 5.82 Å². The number of anilines is 1. The SMILES string of the molecule is Cc1nccnc1N1C[C@@H]2C[C@H](C1)c1ccc(CN3CCC4(CCCC4)C3)c(=O)n1C2. The Morgan fingerprint density at radius 2 is 1.90 bits per heavy atom. The van der Waals surface area contributed by atoms with E-state index in [4.69, 9.17) is 0 Å². The van der Waals surface area contributed by atoms with Gasteiger partial charge < -0.3 is 9.47 Å². The Balaban J connectivity index is 1.23. The van der Waals surface area contributed by atoms with E-state index < -0.39 is 0 Å². The van der Waals surface area contributed by atoms with Crippen LogP contribution in [0.3, 0.4) is 0 Å². The molecule has 164 valence electrons. The van der Waals surface area contributed by atoms with Gasteiger partial charge in [0.15, 0.2) is 0 Å². The van der Waals surface area contributed by atoms with Gasteiger partial charge in [-0.25, -0.2) is 4.98 Å². The Kier molecular flexibility index (Phi) is 4.67. The zero-order valence-electron chi connectivity index (χ0n) is 18.6. The maximum absolute atomic E-state index is 13.5. The normalized spacial score (nSPS) is 27.1. The van der Waals surface area contributed by atoms with Crippen LogP contribution in [0.2, 0.25) is 0 Å². The summed E-state index contributed by atoms with van der Waals surface area (Å²) in [6, 6.07) is 4.37. The first-order valence-electron chi connectivity index (χ1n) is 12.1. The molecule has 3 aliphatic heterocycles. The van der Waals surface area contributed by atoms with Gasteiger partial charge in [-0.05, 0) is 56.6 Å². The smallest absolute Gasteiger partial charge is 0.255 e. The minimum atomic E-state index is 0.253. The van der Waals surface area contributed by atoms with Gasteiger partial charge in [0.2, 0.25) is 0 Å². The van der Waals surface area contributed by atoms with Crippen molar-refractivity contribution in [3.8, 4) is 0 Å². The number of hydrogen-bond acceptors (Lipinski definition) is 5. The number of piperidine rings is 1. The van der Waals surface area contributed by atoms with Gasteiger partial charge in [-0.15, -0.1) is 0 Å². The number of likely N-dealkylation sites (tertiary alicyclic amines) is 1. The molecule has 2 aromatic rings. The number of nitrogens with zero attached hydrogens (tertiary/aromatic N) is 5. The van der Waals surface area contributed by atoms with Crippen molar-refractivity contribution in [2.75, 3.05) is 31.1 Å². The molecule has 6 rings (SSSR count). The molecule has 6 nitrogen and oxygen atoms in total. The zero-order chi connectivity index (χ0) is 21.0. The molecule has 2 bridgehead atoms. The summed E-state index contributed by atoms with van der Waals surface area (Å²) in [5, 5.41) is 0. The van der Waals surface area contributed by atoms with Crippen LogP contribution in [0.25, 0.3) is 0 Å². The number of fused-ring (bicyclic) bond motifs is 4. The van der Waals surface area contributed by atoms with E-state index in [1.165, 1.54) is 50.8 Å². The molecule has 0 aromatic carbocycles. The first kappa shape index (κ1) is 19.5. The van der Waals surface area contributed by atoms with Gasteiger partial charge >= 0.3 is 0 Å². The third kappa shape index (κ3) is 3.39. The highest BCUT2D eigenvalue weighted by molar-refractivity contribution is 5.44. The van der Waals surface area contributed by atoms with E-state index in [-0.39, 0.29) is 5.56 Å². The van der Waals surface area contributed by atoms with E-state index >= 15 is 0 Å². The highest BCUT2D eigenvalue weighted by Gasteiger charge is 2.40. The fourth-order valence-electron chi connectivity index (χ4n) is 6.93. The van der Waals surface area contributed by atoms with Crippen LogP contribution in [0, 0.1) is 18.3 Å². The second-order valence-electron chi connectivity index (χ2n) is 10.5.